The van der Waals surface area contributed by atoms with Crippen molar-refractivity contribution < 1.29 is 18.0 Å². The molecule has 0 heterocycles. The topological polar surface area (TPSA) is 86.8 Å². The van der Waals surface area contributed by atoms with Gasteiger partial charge in [0.1, 0.15) is 12.6 Å². The van der Waals surface area contributed by atoms with E-state index in [4.69, 9.17) is 23.2 Å². The highest BCUT2D eigenvalue weighted by atomic mass is 35.5. The number of amides is 2. The van der Waals surface area contributed by atoms with Gasteiger partial charge in [0.15, 0.2) is 0 Å². The van der Waals surface area contributed by atoms with E-state index in [0.29, 0.717) is 27.7 Å². The predicted molar refractivity (Wildman–Crippen MR) is 167 cm³/mol. The molecule has 0 aliphatic carbocycles. The van der Waals surface area contributed by atoms with E-state index in [1.807, 2.05) is 57.2 Å². The van der Waals surface area contributed by atoms with Crippen LogP contribution in [0.15, 0.2) is 66.7 Å². The van der Waals surface area contributed by atoms with E-state index in [1.165, 1.54) is 4.90 Å². The molecule has 0 unspecified atom stereocenters. The summed E-state index contributed by atoms with van der Waals surface area (Å²) in [5, 5.41) is 3.69. The Balaban J connectivity index is 2.10. The quantitative estimate of drug-likeness (QED) is 0.273. The second kappa shape index (κ2) is 14.2. The number of aryl methyl sites for hydroxylation is 2. The molecule has 220 valence electrons. The van der Waals surface area contributed by atoms with E-state index in [-0.39, 0.29) is 24.9 Å². The second-order valence-corrected chi connectivity index (χ2v) is 13.1. The molecule has 10 heteroatoms. The van der Waals surface area contributed by atoms with Gasteiger partial charge < -0.3 is 10.2 Å². The molecule has 2 atom stereocenters. The summed E-state index contributed by atoms with van der Waals surface area (Å²) in [4.78, 5) is 29.4. The standard InChI is InChI=1S/C31H37Cl2N3O4S/c1-6-23(4)34-31(38)29(18-24-10-8-7-9-11-24)35(19-25-13-14-26(32)27(33)17-25)30(37)20-36(41(5,39)40)28-15-12-21(2)16-22(28)3/h7-17,23,29H,6,18-20H2,1-5H3,(H,34,38)/t23-,29-/m1/s1. The highest BCUT2D eigenvalue weighted by Crippen LogP contribution is 2.26. The Bertz CT molecular complexity index is 1480. The maximum atomic E-state index is 14.2. The number of carbonyl (C=O) groups is 2. The van der Waals surface area contributed by atoms with Gasteiger partial charge in [0.25, 0.3) is 0 Å². The average molecular weight is 619 g/mol. The first kappa shape index (κ1) is 32.4. The van der Waals surface area contributed by atoms with Crippen molar-refractivity contribution in [3.63, 3.8) is 0 Å². The average Bonchev–Trinajstić information content (AvgIpc) is 2.91. The third-order valence-corrected chi connectivity index (χ3v) is 8.77. The van der Waals surface area contributed by atoms with Gasteiger partial charge >= 0.3 is 0 Å². The summed E-state index contributed by atoms with van der Waals surface area (Å²) in [5.41, 5.74) is 3.61. The third-order valence-electron chi connectivity index (χ3n) is 6.91. The van der Waals surface area contributed by atoms with Crippen LogP contribution in [0.5, 0.6) is 0 Å². The van der Waals surface area contributed by atoms with Gasteiger partial charge in [-0.05, 0) is 62.1 Å². The van der Waals surface area contributed by atoms with E-state index < -0.39 is 28.5 Å². The van der Waals surface area contributed by atoms with Crippen molar-refractivity contribution in [1.82, 2.24) is 10.2 Å². The molecule has 0 aromatic heterocycles. The van der Waals surface area contributed by atoms with Gasteiger partial charge in [-0.2, -0.15) is 0 Å². The fourth-order valence-corrected chi connectivity index (χ4v) is 5.74. The molecule has 7 nitrogen and oxygen atoms in total. The molecule has 0 spiro atoms. The first-order chi connectivity index (χ1) is 19.3. The Kier molecular flexibility index (Phi) is 11.2. The van der Waals surface area contributed by atoms with E-state index in [9.17, 15) is 18.0 Å². The Morgan fingerprint density at radius 3 is 2.20 bits per heavy atom. The number of benzene rings is 3. The lowest BCUT2D eigenvalue weighted by molar-refractivity contribution is -0.140. The van der Waals surface area contributed by atoms with Gasteiger partial charge in [0.05, 0.1) is 22.0 Å². The lowest BCUT2D eigenvalue weighted by Crippen LogP contribution is -2.54. The van der Waals surface area contributed by atoms with Crippen molar-refractivity contribution in [2.45, 2.75) is 59.2 Å². The lowest BCUT2D eigenvalue weighted by atomic mass is 10.0. The summed E-state index contributed by atoms with van der Waals surface area (Å²) >= 11 is 12.4. The van der Waals surface area contributed by atoms with Crippen LogP contribution in [0.3, 0.4) is 0 Å². The van der Waals surface area contributed by atoms with Crippen molar-refractivity contribution in [2.24, 2.45) is 0 Å². The van der Waals surface area contributed by atoms with Crippen molar-refractivity contribution >= 4 is 50.7 Å². The molecule has 0 fully saturated rings. The molecular weight excluding hydrogens is 581 g/mol. The van der Waals surface area contributed by atoms with Gasteiger partial charge in [-0.15, -0.1) is 0 Å². The van der Waals surface area contributed by atoms with Gasteiger partial charge in [0.2, 0.25) is 21.8 Å². The summed E-state index contributed by atoms with van der Waals surface area (Å²) < 4.78 is 27.1. The number of rotatable bonds is 12. The zero-order valence-electron chi connectivity index (χ0n) is 24.0. The molecule has 3 aromatic carbocycles. The zero-order chi connectivity index (χ0) is 30.3. The van der Waals surface area contributed by atoms with Crippen LogP contribution in [0.1, 0.15) is 42.5 Å². The first-order valence-corrected chi connectivity index (χ1v) is 16.0. The highest BCUT2D eigenvalue weighted by Gasteiger charge is 2.33. The van der Waals surface area contributed by atoms with Crippen LogP contribution in [0.4, 0.5) is 5.69 Å². The zero-order valence-corrected chi connectivity index (χ0v) is 26.4. The number of anilines is 1. The van der Waals surface area contributed by atoms with Crippen LogP contribution >= 0.6 is 23.2 Å². The monoisotopic (exact) mass is 617 g/mol. The molecular formula is C31H37Cl2N3O4S. The minimum atomic E-state index is -3.85. The largest absolute Gasteiger partial charge is 0.352 e. The Morgan fingerprint density at radius 1 is 0.927 bits per heavy atom. The minimum Gasteiger partial charge on any atom is -0.352 e. The van der Waals surface area contributed by atoms with Crippen LogP contribution in [-0.4, -0.2) is 50.0 Å². The van der Waals surface area contributed by atoms with Gasteiger partial charge in [-0.3, -0.25) is 13.9 Å². The summed E-state index contributed by atoms with van der Waals surface area (Å²) in [5.74, 6) is -0.851. The Morgan fingerprint density at radius 2 is 1.61 bits per heavy atom. The molecule has 0 aliphatic rings. The van der Waals surface area contributed by atoms with Gasteiger partial charge in [-0.1, -0.05) is 84.2 Å². The van der Waals surface area contributed by atoms with Crippen LogP contribution in [-0.2, 0) is 32.6 Å². The second-order valence-electron chi connectivity index (χ2n) is 10.4. The van der Waals surface area contributed by atoms with Crippen molar-refractivity contribution in [3.8, 4) is 0 Å². The normalized spacial score (nSPS) is 12.9. The first-order valence-electron chi connectivity index (χ1n) is 13.4. The van der Waals surface area contributed by atoms with Crippen molar-refractivity contribution in [3.05, 3.63) is 99.0 Å². The SMILES string of the molecule is CC[C@@H](C)NC(=O)[C@@H](Cc1ccccc1)N(Cc1ccc(Cl)c(Cl)c1)C(=O)CN(c1ccc(C)cc1C)S(C)(=O)=O. The molecule has 41 heavy (non-hydrogen) atoms. The van der Waals surface area contributed by atoms with E-state index in [0.717, 1.165) is 27.3 Å². The molecule has 1 N–H and O–H groups in total. The number of sulfonamides is 1. The van der Waals surface area contributed by atoms with E-state index in [2.05, 4.69) is 5.32 Å². The van der Waals surface area contributed by atoms with Crippen molar-refractivity contribution in [2.75, 3.05) is 17.1 Å². The molecule has 3 rings (SSSR count). The summed E-state index contributed by atoms with van der Waals surface area (Å²) in [7, 11) is -3.85. The molecule has 2 amide bonds. The number of hydrogen-bond acceptors (Lipinski definition) is 4. The lowest BCUT2D eigenvalue weighted by Gasteiger charge is -2.34. The Hall–Kier alpha value is -3.07. The molecule has 0 saturated heterocycles. The van der Waals surface area contributed by atoms with Gasteiger partial charge in [-0.25, -0.2) is 8.42 Å². The molecule has 3 aromatic rings. The fourth-order valence-electron chi connectivity index (χ4n) is 4.51. The third kappa shape index (κ3) is 8.96. The fraction of sp³-hybridized carbons (Fsp3) is 0.355. The molecule has 0 aliphatic heterocycles. The van der Waals surface area contributed by atoms with Crippen LogP contribution < -0.4 is 9.62 Å². The molecule has 0 radical (unpaired) electrons. The number of halogens is 2. The number of nitrogens with one attached hydrogen (secondary N) is 1. The maximum Gasteiger partial charge on any atom is 0.244 e. The summed E-state index contributed by atoms with van der Waals surface area (Å²) in [6, 6.07) is 18.7. The summed E-state index contributed by atoms with van der Waals surface area (Å²) in [6.45, 7) is 7.11. The number of hydrogen-bond donors (Lipinski definition) is 1. The summed E-state index contributed by atoms with van der Waals surface area (Å²) in [6.07, 6.45) is 2.01. The minimum absolute atomic E-state index is 0.0195. The van der Waals surface area contributed by atoms with E-state index in [1.54, 1.807) is 37.3 Å². The molecule has 0 bridgehead atoms. The van der Waals surface area contributed by atoms with Crippen LogP contribution in [0.2, 0.25) is 10.0 Å². The number of carbonyl (C=O) groups excluding carboxylic acids is 2. The predicted octanol–water partition coefficient (Wildman–Crippen LogP) is 5.93. The number of nitrogens with zero attached hydrogens (tertiary/aromatic N) is 2. The van der Waals surface area contributed by atoms with E-state index >= 15 is 0 Å². The van der Waals surface area contributed by atoms with Gasteiger partial charge in [0, 0.05) is 19.0 Å². The highest BCUT2D eigenvalue weighted by molar-refractivity contribution is 7.92. The van der Waals surface area contributed by atoms with Crippen LogP contribution in [0.25, 0.3) is 0 Å². The van der Waals surface area contributed by atoms with Crippen molar-refractivity contribution in [1.29, 1.82) is 0 Å². The maximum absolute atomic E-state index is 14.2. The van der Waals surface area contributed by atoms with Crippen LogP contribution in [0, 0.1) is 13.8 Å². The Labute approximate surface area is 253 Å². The smallest absolute Gasteiger partial charge is 0.244 e. The molecule has 0 saturated carbocycles.